The molecule has 0 aliphatic rings. The lowest BCUT2D eigenvalue weighted by atomic mass is 10.1. The van der Waals surface area contributed by atoms with Crippen molar-refractivity contribution in [3.8, 4) is 0 Å². The standard InChI is InChI=1S/C6H11F3S/c1-3-5(10)4(2)6(7,8)9/h4-5,10H,3H2,1-2H3/t4?,5-/m0/s1. The Morgan fingerprint density at radius 1 is 1.40 bits per heavy atom. The maximum Gasteiger partial charge on any atom is 0.392 e. The van der Waals surface area contributed by atoms with Crippen LogP contribution in [0.5, 0.6) is 0 Å². The quantitative estimate of drug-likeness (QED) is 0.608. The van der Waals surface area contributed by atoms with Crippen molar-refractivity contribution in [1.82, 2.24) is 0 Å². The molecule has 0 fully saturated rings. The van der Waals surface area contributed by atoms with Crippen LogP contribution < -0.4 is 0 Å². The molecular formula is C6H11F3S. The fourth-order valence-electron chi connectivity index (χ4n) is 0.572. The van der Waals surface area contributed by atoms with Crippen LogP contribution in [0.1, 0.15) is 20.3 Å². The summed E-state index contributed by atoms with van der Waals surface area (Å²) < 4.78 is 35.5. The van der Waals surface area contributed by atoms with Gasteiger partial charge in [0.25, 0.3) is 0 Å². The van der Waals surface area contributed by atoms with E-state index in [4.69, 9.17) is 0 Å². The van der Waals surface area contributed by atoms with Crippen LogP contribution in [0.2, 0.25) is 0 Å². The molecule has 0 rings (SSSR count). The van der Waals surface area contributed by atoms with E-state index >= 15 is 0 Å². The summed E-state index contributed by atoms with van der Waals surface area (Å²) >= 11 is 3.80. The predicted octanol–water partition coefficient (Wildman–Crippen LogP) is 2.89. The van der Waals surface area contributed by atoms with Gasteiger partial charge in [0.05, 0.1) is 5.92 Å². The average molecular weight is 172 g/mol. The van der Waals surface area contributed by atoms with Crippen molar-refractivity contribution in [2.75, 3.05) is 0 Å². The van der Waals surface area contributed by atoms with Crippen molar-refractivity contribution in [2.24, 2.45) is 5.92 Å². The van der Waals surface area contributed by atoms with Gasteiger partial charge in [0.1, 0.15) is 0 Å². The molecule has 0 aromatic heterocycles. The highest BCUT2D eigenvalue weighted by molar-refractivity contribution is 7.81. The Hall–Kier alpha value is 0.140. The summed E-state index contributed by atoms with van der Waals surface area (Å²) in [5.74, 6) is -1.30. The van der Waals surface area contributed by atoms with Crippen molar-refractivity contribution in [3.05, 3.63) is 0 Å². The highest BCUT2D eigenvalue weighted by Crippen LogP contribution is 2.31. The molecule has 0 nitrogen and oxygen atoms in total. The molecule has 4 heteroatoms. The molecular weight excluding hydrogens is 161 g/mol. The van der Waals surface area contributed by atoms with Gasteiger partial charge in [-0.15, -0.1) is 0 Å². The number of rotatable bonds is 2. The van der Waals surface area contributed by atoms with Gasteiger partial charge >= 0.3 is 6.18 Å². The van der Waals surface area contributed by atoms with E-state index < -0.39 is 17.3 Å². The van der Waals surface area contributed by atoms with Crippen LogP contribution >= 0.6 is 12.6 Å². The lowest BCUT2D eigenvalue weighted by Crippen LogP contribution is -2.27. The minimum absolute atomic E-state index is 0.448. The first-order valence-corrected chi connectivity index (χ1v) is 3.66. The maximum absolute atomic E-state index is 11.8. The van der Waals surface area contributed by atoms with E-state index in [-0.39, 0.29) is 0 Å². The molecule has 0 bridgehead atoms. The minimum Gasteiger partial charge on any atom is -0.175 e. The van der Waals surface area contributed by atoms with E-state index in [1.807, 2.05) is 0 Å². The topological polar surface area (TPSA) is 0 Å². The number of hydrogen-bond acceptors (Lipinski definition) is 1. The molecule has 10 heavy (non-hydrogen) atoms. The minimum atomic E-state index is -4.09. The molecule has 0 amide bonds. The maximum atomic E-state index is 11.8. The Morgan fingerprint density at radius 3 is 1.90 bits per heavy atom. The normalized spacial score (nSPS) is 18.6. The fourth-order valence-corrected chi connectivity index (χ4v) is 0.741. The Balaban J connectivity index is 3.94. The number of thiol groups is 1. The van der Waals surface area contributed by atoms with Crippen LogP contribution in [0, 0.1) is 5.92 Å². The molecule has 62 valence electrons. The molecule has 0 aromatic rings. The van der Waals surface area contributed by atoms with E-state index in [0.29, 0.717) is 6.42 Å². The first-order chi connectivity index (χ1) is 4.39. The van der Waals surface area contributed by atoms with E-state index in [1.165, 1.54) is 0 Å². The zero-order valence-electron chi connectivity index (χ0n) is 5.94. The summed E-state index contributed by atoms with van der Waals surface area (Å²) in [5, 5.41) is -0.569. The van der Waals surface area contributed by atoms with Gasteiger partial charge < -0.3 is 0 Å². The Bertz CT molecular complexity index is 99.7. The van der Waals surface area contributed by atoms with Crippen LogP contribution in [0.15, 0.2) is 0 Å². The summed E-state index contributed by atoms with van der Waals surface area (Å²) in [6.45, 7) is 2.85. The van der Waals surface area contributed by atoms with Crippen molar-refractivity contribution in [2.45, 2.75) is 31.7 Å². The Kier molecular flexibility index (Phi) is 3.56. The third-order valence-electron chi connectivity index (χ3n) is 1.51. The smallest absolute Gasteiger partial charge is 0.175 e. The van der Waals surface area contributed by atoms with Gasteiger partial charge in [-0.1, -0.05) is 13.8 Å². The SMILES string of the molecule is CC[C@H](S)C(C)C(F)(F)F. The molecule has 0 heterocycles. The molecule has 0 aliphatic carbocycles. The Morgan fingerprint density at radius 2 is 1.80 bits per heavy atom. The van der Waals surface area contributed by atoms with E-state index in [2.05, 4.69) is 12.6 Å². The van der Waals surface area contributed by atoms with Gasteiger partial charge in [0.15, 0.2) is 0 Å². The molecule has 0 aromatic carbocycles. The predicted molar refractivity (Wildman–Crippen MR) is 38.3 cm³/mol. The highest BCUT2D eigenvalue weighted by Gasteiger charge is 2.38. The second-order valence-electron chi connectivity index (χ2n) is 2.31. The van der Waals surface area contributed by atoms with Crippen LogP contribution in [0.25, 0.3) is 0 Å². The third kappa shape index (κ3) is 2.82. The summed E-state index contributed by atoms with van der Waals surface area (Å²) in [6.07, 6.45) is -3.65. The van der Waals surface area contributed by atoms with Gasteiger partial charge in [-0.25, -0.2) is 0 Å². The summed E-state index contributed by atoms with van der Waals surface area (Å²) in [5.41, 5.74) is 0. The van der Waals surface area contributed by atoms with Crippen molar-refractivity contribution in [3.63, 3.8) is 0 Å². The van der Waals surface area contributed by atoms with E-state index in [0.717, 1.165) is 6.92 Å². The molecule has 1 unspecified atom stereocenters. The van der Waals surface area contributed by atoms with Gasteiger partial charge in [-0.2, -0.15) is 25.8 Å². The second-order valence-corrected chi connectivity index (χ2v) is 2.97. The first kappa shape index (κ1) is 10.1. The monoisotopic (exact) mass is 172 g/mol. The largest absolute Gasteiger partial charge is 0.392 e. The molecule has 2 atom stereocenters. The summed E-state index contributed by atoms with van der Waals surface area (Å²) in [4.78, 5) is 0. The average Bonchev–Trinajstić information content (AvgIpc) is 1.83. The highest BCUT2D eigenvalue weighted by atomic mass is 32.1. The fraction of sp³-hybridized carbons (Fsp3) is 1.00. The van der Waals surface area contributed by atoms with E-state index in [9.17, 15) is 13.2 Å². The zero-order valence-corrected chi connectivity index (χ0v) is 6.84. The molecule has 0 spiro atoms. The molecule has 0 N–H and O–H groups in total. The van der Waals surface area contributed by atoms with Gasteiger partial charge in [-0.05, 0) is 6.42 Å². The van der Waals surface area contributed by atoms with Crippen molar-refractivity contribution < 1.29 is 13.2 Å². The Labute approximate surface area is 64.2 Å². The molecule has 0 saturated carbocycles. The lowest BCUT2D eigenvalue weighted by molar-refractivity contribution is -0.169. The van der Waals surface area contributed by atoms with Crippen molar-refractivity contribution in [1.29, 1.82) is 0 Å². The molecule has 0 saturated heterocycles. The van der Waals surface area contributed by atoms with Crippen LogP contribution in [-0.4, -0.2) is 11.4 Å². The number of halogens is 3. The zero-order chi connectivity index (χ0) is 8.36. The van der Waals surface area contributed by atoms with Crippen molar-refractivity contribution >= 4 is 12.6 Å². The summed E-state index contributed by atoms with van der Waals surface area (Å²) in [7, 11) is 0. The van der Waals surface area contributed by atoms with Gasteiger partial charge in [-0.3, -0.25) is 0 Å². The second kappa shape index (κ2) is 3.51. The van der Waals surface area contributed by atoms with Crippen LogP contribution in [0.4, 0.5) is 13.2 Å². The molecule has 0 radical (unpaired) electrons. The third-order valence-corrected chi connectivity index (χ3v) is 2.32. The summed E-state index contributed by atoms with van der Waals surface area (Å²) in [6, 6.07) is 0. The van der Waals surface area contributed by atoms with Crippen LogP contribution in [0.3, 0.4) is 0 Å². The lowest BCUT2D eigenvalue weighted by Gasteiger charge is -2.20. The molecule has 0 aliphatic heterocycles. The van der Waals surface area contributed by atoms with Gasteiger partial charge in [0, 0.05) is 5.25 Å². The first-order valence-electron chi connectivity index (χ1n) is 3.14. The van der Waals surface area contributed by atoms with Gasteiger partial charge in [0.2, 0.25) is 0 Å². The van der Waals surface area contributed by atoms with Crippen LogP contribution in [-0.2, 0) is 0 Å². The number of hydrogen-bond donors (Lipinski definition) is 1. The van der Waals surface area contributed by atoms with E-state index in [1.54, 1.807) is 6.92 Å². The number of alkyl halides is 3.